The molecular formula is C13H19F3N2O. The van der Waals surface area contributed by atoms with E-state index in [-0.39, 0.29) is 17.6 Å². The Balaban J connectivity index is 3.15. The summed E-state index contributed by atoms with van der Waals surface area (Å²) in [5.74, 6) is 0.159. The maximum absolute atomic E-state index is 12.6. The average Bonchev–Trinajstić information content (AvgIpc) is 2.38. The van der Waals surface area contributed by atoms with E-state index >= 15 is 0 Å². The smallest absolute Gasteiger partial charge is 0.416 e. The second-order valence-electron chi connectivity index (χ2n) is 4.47. The molecule has 0 aliphatic carbocycles. The standard InChI is InChI=1S/C13H19F3N2O/c1-8(9(6-17)7-18)11-4-3-10(13(14,15)16)5-12(11)19-2/h3-5,8-9H,6-7,17-18H2,1-2H3. The van der Waals surface area contributed by atoms with Crippen LogP contribution in [0.3, 0.4) is 0 Å². The first-order valence-electron chi connectivity index (χ1n) is 6.00. The zero-order valence-electron chi connectivity index (χ0n) is 11.0. The van der Waals surface area contributed by atoms with Crippen molar-refractivity contribution < 1.29 is 17.9 Å². The Labute approximate surface area is 110 Å². The second kappa shape index (κ2) is 6.25. The van der Waals surface area contributed by atoms with Gasteiger partial charge in [-0.25, -0.2) is 0 Å². The molecule has 1 unspecified atom stereocenters. The molecule has 0 fully saturated rings. The van der Waals surface area contributed by atoms with Gasteiger partial charge in [0, 0.05) is 0 Å². The lowest BCUT2D eigenvalue weighted by atomic mass is 9.86. The van der Waals surface area contributed by atoms with E-state index in [9.17, 15) is 13.2 Å². The monoisotopic (exact) mass is 276 g/mol. The number of halogens is 3. The Morgan fingerprint density at radius 2 is 1.79 bits per heavy atom. The van der Waals surface area contributed by atoms with Crippen LogP contribution in [0.4, 0.5) is 13.2 Å². The van der Waals surface area contributed by atoms with Gasteiger partial charge in [0.2, 0.25) is 0 Å². The van der Waals surface area contributed by atoms with Crippen LogP contribution < -0.4 is 16.2 Å². The van der Waals surface area contributed by atoms with Crippen molar-refractivity contribution in [2.45, 2.75) is 19.0 Å². The quantitative estimate of drug-likeness (QED) is 0.867. The maximum Gasteiger partial charge on any atom is 0.416 e. The van der Waals surface area contributed by atoms with E-state index in [1.165, 1.54) is 13.2 Å². The number of ether oxygens (including phenoxy) is 1. The molecule has 6 heteroatoms. The molecule has 1 rings (SSSR count). The molecule has 0 amide bonds. The molecule has 0 spiro atoms. The van der Waals surface area contributed by atoms with Gasteiger partial charge in [0.25, 0.3) is 0 Å². The molecule has 4 N–H and O–H groups in total. The van der Waals surface area contributed by atoms with Crippen molar-refractivity contribution in [1.29, 1.82) is 0 Å². The Bertz CT molecular complexity index is 417. The molecule has 0 saturated heterocycles. The second-order valence-corrected chi connectivity index (χ2v) is 4.47. The topological polar surface area (TPSA) is 61.3 Å². The van der Waals surface area contributed by atoms with E-state index in [0.717, 1.165) is 12.1 Å². The highest BCUT2D eigenvalue weighted by Crippen LogP contribution is 2.37. The zero-order valence-corrected chi connectivity index (χ0v) is 11.0. The molecule has 19 heavy (non-hydrogen) atoms. The number of rotatable bonds is 5. The predicted molar refractivity (Wildman–Crippen MR) is 68.0 cm³/mol. The van der Waals surface area contributed by atoms with Crippen molar-refractivity contribution >= 4 is 0 Å². The summed E-state index contributed by atoms with van der Waals surface area (Å²) in [5.41, 5.74) is 11.2. The summed E-state index contributed by atoms with van der Waals surface area (Å²) in [6.07, 6.45) is -4.38. The van der Waals surface area contributed by atoms with E-state index in [1.807, 2.05) is 6.92 Å². The minimum atomic E-state index is -4.38. The van der Waals surface area contributed by atoms with Gasteiger partial charge in [0.15, 0.2) is 0 Å². The summed E-state index contributed by atoms with van der Waals surface area (Å²) in [6.45, 7) is 2.64. The minimum Gasteiger partial charge on any atom is -0.496 e. The Morgan fingerprint density at radius 1 is 1.21 bits per heavy atom. The summed E-state index contributed by atoms with van der Waals surface area (Å²) in [4.78, 5) is 0. The largest absolute Gasteiger partial charge is 0.496 e. The number of methoxy groups -OCH3 is 1. The van der Waals surface area contributed by atoms with Crippen molar-refractivity contribution in [2.75, 3.05) is 20.2 Å². The fourth-order valence-electron chi connectivity index (χ4n) is 2.02. The highest BCUT2D eigenvalue weighted by molar-refractivity contribution is 5.41. The lowest BCUT2D eigenvalue weighted by molar-refractivity contribution is -0.137. The van der Waals surface area contributed by atoms with Crippen LogP contribution in [-0.4, -0.2) is 20.2 Å². The summed E-state index contributed by atoms with van der Waals surface area (Å²) in [5, 5.41) is 0. The van der Waals surface area contributed by atoms with Gasteiger partial charge < -0.3 is 16.2 Å². The predicted octanol–water partition coefficient (Wildman–Crippen LogP) is 2.35. The van der Waals surface area contributed by atoms with E-state index in [1.54, 1.807) is 0 Å². The minimum absolute atomic E-state index is 0.00522. The van der Waals surface area contributed by atoms with Crippen molar-refractivity contribution in [1.82, 2.24) is 0 Å². The summed E-state index contributed by atoms with van der Waals surface area (Å²) >= 11 is 0. The van der Waals surface area contributed by atoms with Gasteiger partial charge in [-0.15, -0.1) is 0 Å². The Morgan fingerprint density at radius 3 is 2.21 bits per heavy atom. The van der Waals surface area contributed by atoms with Gasteiger partial charge in [0.1, 0.15) is 5.75 Å². The molecule has 1 aromatic carbocycles. The lowest BCUT2D eigenvalue weighted by Gasteiger charge is -2.23. The number of benzene rings is 1. The first-order valence-corrected chi connectivity index (χ1v) is 6.00. The molecule has 1 aromatic rings. The highest BCUT2D eigenvalue weighted by Gasteiger charge is 2.32. The van der Waals surface area contributed by atoms with Gasteiger partial charge in [0.05, 0.1) is 12.7 Å². The molecule has 0 aliphatic heterocycles. The molecule has 0 saturated carbocycles. The van der Waals surface area contributed by atoms with Gasteiger partial charge in [-0.3, -0.25) is 0 Å². The first-order chi connectivity index (χ1) is 8.85. The van der Waals surface area contributed by atoms with Crippen LogP contribution in [-0.2, 0) is 6.18 Å². The van der Waals surface area contributed by atoms with Gasteiger partial charge >= 0.3 is 6.18 Å². The fourth-order valence-corrected chi connectivity index (χ4v) is 2.02. The molecular weight excluding hydrogens is 257 g/mol. The Hall–Kier alpha value is -1.27. The average molecular weight is 276 g/mol. The zero-order chi connectivity index (χ0) is 14.6. The normalized spacial score (nSPS) is 13.7. The van der Waals surface area contributed by atoms with Gasteiger partial charge in [-0.05, 0) is 42.6 Å². The Kier molecular flexibility index (Phi) is 5.20. The lowest BCUT2D eigenvalue weighted by Crippen LogP contribution is -2.28. The van der Waals surface area contributed by atoms with Crippen LogP contribution in [0.5, 0.6) is 5.75 Å². The molecule has 3 nitrogen and oxygen atoms in total. The third-order valence-electron chi connectivity index (χ3n) is 3.36. The fraction of sp³-hybridized carbons (Fsp3) is 0.538. The van der Waals surface area contributed by atoms with E-state index in [0.29, 0.717) is 18.7 Å². The first kappa shape index (κ1) is 15.8. The van der Waals surface area contributed by atoms with Gasteiger partial charge in [-0.1, -0.05) is 13.0 Å². The summed E-state index contributed by atoms with van der Waals surface area (Å²) in [6, 6.07) is 3.50. The SMILES string of the molecule is COc1cc(C(F)(F)F)ccc1C(C)C(CN)CN. The molecule has 0 aromatic heterocycles. The third-order valence-corrected chi connectivity index (χ3v) is 3.36. The van der Waals surface area contributed by atoms with Crippen LogP contribution in [0, 0.1) is 5.92 Å². The van der Waals surface area contributed by atoms with Crippen LogP contribution in [0.15, 0.2) is 18.2 Å². The van der Waals surface area contributed by atoms with E-state index < -0.39 is 11.7 Å². The maximum atomic E-state index is 12.6. The van der Waals surface area contributed by atoms with Crippen molar-refractivity contribution in [3.05, 3.63) is 29.3 Å². The van der Waals surface area contributed by atoms with Crippen molar-refractivity contribution in [3.63, 3.8) is 0 Å². The molecule has 0 radical (unpaired) electrons. The third kappa shape index (κ3) is 3.61. The number of hydrogen-bond acceptors (Lipinski definition) is 3. The van der Waals surface area contributed by atoms with Crippen molar-refractivity contribution in [3.8, 4) is 5.75 Å². The molecule has 108 valence electrons. The highest BCUT2D eigenvalue weighted by atomic mass is 19.4. The van der Waals surface area contributed by atoms with Crippen LogP contribution in [0.25, 0.3) is 0 Å². The van der Waals surface area contributed by atoms with Crippen LogP contribution >= 0.6 is 0 Å². The molecule has 0 aliphatic rings. The molecule has 0 bridgehead atoms. The van der Waals surface area contributed by atoms with E-state index in [2.05, 4.69) is 0 Å². The number of alkyl halides is 3. The molecule has 0 heterocycles. The van der Waals surface area contributed by atoms with Crippen LogP contribution in [0.2, 0.25) is 0 Å². The number of nitrogens with two attached hydrogens (primary N) is 2. The van der Waals surface area contributed by atoms with E-state index in [4.69, 9.17) is 16.2 Å². The van der Waals surface area contributed by atoms with Crippen LogP contribution in [0.1, 0.15) is 24.0 Å². The summed E-state index contributed by atoms with van der Waals surface area (Å²) in [7, 11) is 1.35. The van der Waals surface area contributed by atoms with Gasteiger partial charge in [-0.2, -0.15) is 13.2 Å². The number of hydrogen-bond donors (Lipinski definition) is 2. The molecule has 1 atom stereocenters. The summed E-state index contributed by atoms with van der Waals surface area (Å²) < 4.78 is 43.0. The van der Waals surface area contributed by atoms with Crippen molar-refractivity contribution in [2.24, 2.45) is 17.4 Å².